The van der Waals surface area contributed by atoms with Gasteiger partial charge in [-0.05, 0) is 84.9 Å². The third-order valence-corrected chi connectivity index (χ3v) is 5.44. The summed E-state index contributed by atoms with van der Waals surface area (Å²) >= 11 is 0. The molecule has 0 radical (unpaired) electrons. The fourth-order valence-electron chi connectivity index (χ4n) is 3.56. The first kappa shape index (κ1) is 25.8. The summed E-state index contributed by atoms with van der Waals surface area (Å²) < 4.78 is 11.4. The van der Waals surface area contributed by atoms with Gasteiger partial charge in [-0.25, -0.2) is 9.59 Å². The molecule has 0 atom stereocenters. The average Bonchev–Trinajstić information content (AvgIpc) is 2.93. The van der Waals surface area contributed by atoms with Gasteiger partial charge in [0, 0.05) is 11.4 Å². The quantitative estimate of drug-likeness (QED) is 0.158. The predicted octanol–water partition coefficient (Wildman–Crippen LogP) is 6.58. The molecule has 0 unspecified atom stereocenters. The minimum Gasteiger partial charge on any atom is -0.490 e. The van der Waals surface area contributed by atoms with Crippen molar-refractivity contribution in [2.24, 2.45) is 0 Å². The Hall–Kier alpha value is -5.24. The van der Waals surface area contributed by atoms with Crippen molar-refractivity contribution in [3.8, 4) is 11.5 Å². The Morgan fingerprint density at radius 2 is 0.947 bits per heavy atom. The SMILES string of the molecule is O=C(O)c1ccccc1Nc1ccc(OC/C=C/COc2ccc(Nc3ccccc3C(=O)O)cc2)cc1. The number of aromatic carboxylic acids is 2. The Kier molecular flexibility index (Phi) is 8.60. The van der Waals surface area contributed by atoms with Crippen LogP contribution in [0.25, 0.3) is 0 Å². The molecular formula is C30H26N2O6. The zero-order chi connectivity index (χ0) is 26.7. The van der Waals surface area contributed by atoms with Crippen molar-refractivity contribution in [2.75, 3.05) is 23.8 Å². The molecule has 0 aliphatic carbocycles. The molecule has 0 aromatic heterocycles. The second-order valence-corrected chi connectivity index (χ2v) is 8.09. The summed E-state index contributed by atoms with van der Waals surface area (Å²) in [6.07, 6.45) is 3.71. The first-order valence-electron chi connectivity index (χ1n) is 11.8. The molecule has 0 amide bonds. The first-order valence-corrected chi connectivity index (χ1v) is 11.8. The van der Waals surface area contributed by atoms with E-state index in [1.165, 1.54) is 0 Å². The number of para-hydroxylation sites is 2. The van der Waals surface area contributed by atoms with Crippen LogP contribution < -0.4 is 20.1 Å². The molecule has 0 saturated carbocycles. The third kappa shape index (κ3) is 7.14. The number of hydrogen-bond acceptors (Lipinski definition) is 6. The van der Waals surface area contributed by atoms with Crippen LogP contribution >= 0.6 is 0 Å². The van der Waals surface area contributed by atoms with Crippen LogP contribution in [0.3, 0.4) is 0 Å². The van der Waals surface area contributed by atoms with Crippen LogP contribution in [0.15, 0.2) is 109 Å². The summed E-state index contributed by atoms with van der Waals surface area (Å²) in [7, 11) is 0. The molecule has 0 spiro atoms. The number of benzene rings is 4. The molecular weight excluding hydrogens is 484 g/mol. The van der Waals surface area contributed by atoms with Gasteiger partial charge in [-0.3, -0.25) is 0 Å². The number of carboxylic acid groups (broad SMARTS) is 2. The Balaban J connectivity index is 1.20. The highest BCUT2D eigenvalue weighted by Gasteiger charge is 2.10. The topological polar surface area (TPSA) is 117 Å². The summed E-state index contributed by atoms with van der Waals surface area (Å²) in [6, 6.07) is 28.0. The maximum Gasteiger partial charge on any atom is 0.337 e. The molecule has 0 aliphatic rings. The summed E-state index contributed by atoms with van der Waals surface area (Å²) in [4.78, 5) is 22.7. The first-order chi connectivity index (χ1) is 18.5. The van der Waals surface area contributed by atoms with Crippen molar-refractivity contribution in [3.63, 3.8) is 0 Å². The van der Waals surface area contributed by atoms with Crippen molar-refractivity contribution in [1.29, 1.82) is 0 Å². The van der Waals surface area contributed by atoms with E-state index in [0.29, 0.717) is 36.1 Å². The Labute approximate surface area is 219 Å². The zero-order valence-corrected chi connectivity index (χ0v) is 20.3. The fraction of sp³-hybridized carbons (Fsp3) is 0.0667. The van der Waals surface area contributed by atoms with Gasteiger partial charge in [0.25, 0.3) is 0 Å². The van der Waals surface area contributed by atoms with E-state index in [-0.39, 0.29) is 11.1 Å². The van der Waals surface area contributed by atoms with E-state index in [1.807, 2.05) is 36.4 Å². The monoisotopic (exact) mass is 510 g/mol. The number of nitrogens with one attached hydrogen (secondary N) is 2. The van der Waals surface area contributed by atoms with Crippen LogP contribution in [0.1, 0.15) is 20.7 Å². The predicted molar refractivity (Wildman–Crippen MR) is 146 cm³/mol. The molecule has 0 saturated heterocycles. The third-order valence-electron chi connectivity index (χ3n) is 5.44. The highest BCUT2D eigenvalue weighted by atomic mass is 16.5. The lowest BCUT2D eigenvalue weighted by atomic mass is 10.1. The minimum atomic E-state index is -0.989. The largest absolute Gasteiger partial charge is 0.490 e. The molecule has 0 aliphatic heterocycles. The second kappa shape index (κ2) is 12.6. The van der Waals surface area contributed by atoms with Crippen molar-refractivity contribution >= 4 is 34.7 Å². The molecule has 0 fully saturated rings. The van der Waals surface area contributed by atoms with Crippen molar-refractivity contribution in [3.05, 3.63) is 120 Å². The molecule has 8 heteroatoms. The summed E-state index contributed by atoms with van der Waals surface area (Å²) in [5.41, 5.74) is 2.95. The van der Waals surface area contributed by atoms with Crippen LogP contribution in [-0.4, -0.2) is 35.4 Å². The van der Waals surface area contributed by atoms with Gasteiger partial charge in [-0.15, -0.1) is 0 Å². The molecule has 4 aromatic carbocycles. The summed E-state index contributed by atoms with van der Waals surface area (Å²) in [6.45, 7) is 0.730. The summed E-state index contributed by atoms with van der Waals surface area (Å²) in [5.74, 6) is -0.616. The van der Waals surface area contributed by atoms with Gasteiger partial charge >= 0.3 is 11.9 Å². The van der Waals surface area contributed by atoms with E-state index < -0.39 is 11.9 Å². The number of carbonyl (C=O) groups is 2. The van der Waals surface area contributed by atoms with Gasteiger partial charge in [0.1, 0.15) is 24.7 Å². The number of rotatable bonds is 12. The van der Waals surface area contributed by atoms with Crippen LogP contribution in [-0.2, 0) is 0 Å². The normalized spacial score (nSPS) is 10.6. The van der Waals surface area contributed by atoms with Crippen molar-refractivity contribution < 1.29 is 29.3 Å². The maximum absolute atomic E-state index is 11.3. The maximum atomic E-state index is 11.3. The molecule has 4 aromatic rings. The Morgan fingerprint density at radius 1 is 0.579 bits per heavy atom. The fourth-order valence-corrected chi connectivity index (χ4v) is 3.56. The number of anilines is 4. The zero-order valence-electron chi connectivity index (χ0n) is 20.3. The van der Waals surface area contributed by atoms with E-state index in [1.54, 1.807) is 72.8 Å². The van der Waals surface area contributed by atoms with Gasteiger partial charge < -0.3 is 30.3 Å². The highest BCUT2D eigenvalue weighted by Crippen LogP contribution is 2.24. The summed E-state index contributed by atoms with van der Waals surface area (Å²) in [5, 5.41) is 24.8. The lowest BCUT2D eigenvalue weighted by Crippen LogP contribution is -2.02. The standard InChI is InChI=1S/C30H26N2O6/c33-29(34)25-7-1-3-9-27(25)31-21-11-15-23(16-12-21)37-19-5-6-20-38-24-17-13-22(14-18-24)32-28-10-4-2-8-26(28)30(35)36/h1-18,31-32H,19-20H2,(H,33,34)(H,35,36)/b6-5+. The van der Waals surface area contributed by atoms with Crippen LogP contribution in [0.4, 0.5) is 22.7 Å². The van der Waals surface area contributed by atoms with Crippen molar-refractivity contribution in [2.45, 2.75) is 0 Å². The van der Waals surface area contributed by atoms with Gasteiger partial charge in [-0.1, -0.05) is 24.3 Å². The molecule has 0 heterocycles. The molecule has 38 heavy (non-hydrogen) atoms. The van der Waals surface area contributed by atoms with Crippen LogP contribution in [0, 0.1) is 0 Å². The van der Waals surface area contributed by atoms with E-state index in [0.717, 1.165) is 11.4 Å². The molecule has 0 bridgehead atoms. The average molecular weight is 511 g/mol. The molecule has 8 nitrogen and oxygen atoms in total. The minimum absolute atomic E-state index is 0.203. The van der Waals surface area contributed by atoms with Crippen molar-refractivity contribution in [1.82, 2.24) is 0 Å². The second-order valence-electron chi connectivity index (χ2n) is 8.09. The van der Waals surface area contributed by atoms with Gasteiger partial charge in [-0.2, -0.15) is 0 Å². The van der Waals surface area contributed by atoms with Gasteiger partial charge in [0.15, 0.2) is 0 Å². The number of carboxylic acids is 2. The van der Waals surface area contributed by atoms with Gasteiger partial charge in [0.2, 0.25) is 0 Å². The highest BCUT2D eigenvalue weighted by molar-refractivity contribution is 5.95. The number of hydrogen-bond donors (Lipinski definition) is 4. The Morgan fingerprint density at radius 3 is 1.32 bits per heavy atom. The van der Waals surface area contributed by atoms with Crippen LogP contribution in [0.5, 0.6) is 11.5 Å². The van der Waals surface area contributed by atoms with E-state index in [2.05, 4.69) is 10.6 Å². The van der Waals surface area contributed by atoms with E-state index in [4.69, 9.17) is 9.47 Å². The molecule has 192 valence electrons. The smallest absolute Gasteiger partial charge is 0.337 e. The Bertz CT molecular complexity index is 1310. The molecule has 4 rings (SSSR count). The lowest BCUT2D eigenvalue weighted by Gasteiger charge is -2.10. The molecule has 4 N–H and O–H groups in total. The van der Waals surface area contributed by atoms with Gasteiger partial charge in [0.05, 0.1) is 22.5 Å². The lowest BCUT2D eigenvalue weighted by molar-refractivity contribution is 0.0687. The van der Waals surface area contributed by atoms with E-state index in [9.17, 15) is 19.8 Å². The number of ether oxygens (including phenoxy) is 2. The van der Waals surface area contributed by atoms with E-state index >= 15 is 0 Å². The van der Waals surface area contributed by atoms with Crippen LogP contribution in [0.2, 0.25) is 0 Å².